The number of aromatic nitrogens is 1. The van der Waals surface area contributed by atoms with Gasteiger partial charge in [-0.2, -0.15) is 0 Å². The van der Waals surface area contributed by atoms with Crippen molar-refractivity contribution in [3.8, 4) is 5.88 Å². The molecule has 0 aliphatic carbocycles. The average molecular weight is 302 g/mol. The van der Waals surface area contributed by atoms with Crippen LogP contribution in [-0.4, -0.2) is 31.1 Å². The highest BCUT2D eigenvalue weighted by Crippen LogP contribution is 2.15. The van der Waals surface area contributed by atoms with E-state index in [0.717, 1.165) is 23.9 Å². The zero-order valence-electron chi connectivity index (χ0n) is 9.60. The van der Waals surface area contributed by atoms with E-state index in [2.05, 4.69) is 20.9 Å². The van der Waals surface area contributed by atoms with Gasteiger partial charge in [0.05, 0.1) is 6.61 Å². The maximum absolute atomic E-state index is 5.55. The van der Waals surface area contributed by atoms with Gasteiger partial charge in [-0.05, 0) is 25.3 Å². The Hall–Kier alpha value is -0.650. The first kappa shape index (κ1) is 12.8. The van der Waals surface area contributed by atoms with Crippen LogP contribution in [0, 0.1) is 0 Å². The summed E-state index contributed by atoms with van der Waals surface area (Å²) in [5.74, 6) is 0.604. The van der Waals surface area contributed by atoms with Crippen molar-refractivity contribution >= 4 is 15.9 Å². The van der Waals surface area contributed by atoms with E-state index in [1.54, 1.807) is 6.20 Å². The standard InChI is InChI=1S/C12H16BrNO3/c13-10-4-5-14-11(9-10)15-7-8-17-12-3-1-2-6-16-12/h4-5,9,12H,1-3,6-8H2. The Morgan fingerprint density at radius 3 is 3.12 bits per heavy atom. The number of nitrogens with zero attached hydrogens (tertiary/aromatic N) is 1. The fraction of sp³-hybridized carbons (Fsp3) is 0.583. The molecule has 1 saturated heterocycles. The summed E-state index contributed by atoms with van der Waals surface area (Å²) < 4.78 is 17.4. The molecule has 2 rings (SSSR count). The predicted molar refractivity (Wildman–Crippen MR) is 67.0 cm³/mol. The number of rotatable bonds is 5. The molecule has 94 valence electrons. The topological polar surface area (TPSA) is 40.6 Å². The number of hydrogen-bond donors (Lipinski definition) is 0. The first-order chi connectivity index (χ1) is 8.34. The summed E-state index contributed by atoms with van der Waals surface area (Å²) in [4.78, 5) is 4.08. The molecule has 1 aliphatic rings. The molecule has 2 heterocycles. The highest BCUT2D eigenvalue weighted by Gasteiger charge is 2.13. The third-order valence-corrected chi connectivity index (χ3v) is 2.97. The number of hydrogen-bond acceptors (Lipinski definition) is 4. The highest BCUT2D eigenvalue weighted by molar-refractivity contribution is 9.10. The van der Waals surface area contributed by atoms with Gasteiger partial charge in [0.25, 0.3) is 0 Å². The van der Waals surface area contributed by atoms with Crippen molar-refractivity contribution in [2.45, 2.75) is 25.6 Å². The van der Waals surface area contributed by atoms with Gasteiger partial charge < -0.3 is 14.2 Å². The molecule has 0 bridgehead atoms. The molecule has 5 heteroatoms. The lowest BCUT2D eigenvalue weighted by Gasteiger charge is -2.22. The smallest absolute Gasteiger partial charge is 0.214 e. The second-order valence-electron chi connectivity index (χ2n) is 3.83. The molecule has 0 spiro atoms. The summed E-state index contributed by atoms with van der Waals surface area (Å²) in [6.07, 6.45) is 4.94. The Bertz CT molecular complexity index is 342. The molecule has 4 nitrogen and oxygen atoms in total. The summed E-state index contributed by atoms with van der Waals surface area (Å²) in [5.41, 5.74) is 0. The minimum absolute atomic E-state index is 0.0529. The van der Waals surface area contributed by atoms with Crippen LogP contribution in [0.4, 0.5) is 0 Å². The second kappa shape index (κ2) is 6.93. The summed E-state index contributed by atoms with van der Waals surface area (Å²) in [5, 5.41) is 0. The fourth-order valence-electron chi connectivity index (χ4n) is 1.63. The SMILES string of the molecule is Brc1ccnc(OCCOC2CCCCO2)c1. The van der Waals surface area contributed by atoms with Crippen molar-refractivity contribution in [2.75, 3.05) is 19.8 Å². The first-order valence-corrected chi connectivity index (χ1v) is 6.61. The van der Waals surface area contributed by atoms with Crippen LogP contribution in [0.5, 0.6) is 5.88 Å². The quantitative estimate of drug-likeness (QED) is 0.784. The largest absolute Gasteiger partial charge is 0.475 e. The van der Waals surface area contributed by atoms with Gasteiger partial charge in [0.15, 0.2) is 6.29 Å². The maximum atomic E-state index is 5.55. The lowest BCUT2D eigenvalue weighted by atomic mass is 10.2. The molecule has 0 N–H and O–H groups in total. The van der Waals surface area contributed by atoms with Crippen LogP contribution in [0.25, 0.3) is 0 Å². The van der Waals surface area contributed by atoms with E-state index < -0.39 is 0 Å². The van der Waals surface area contributed by atoms with Crippen LogP contribution in [0.15, 0.2) is 22.8 Å². The summed E-state index contributed by atoms with van der Waals surface area (Å²) in [6, 6.07) is 3.69. The van der Waals surface area contributed by atoms with E-state index >= 15 is 0 Å². The first-order valence-electron chi connectivity index (χ1n) is 5.82. The molecule has 1 unspecified atom stereocenters. The van der Waals surface area contributed by atoms with Crippen LogP contribution in [0.1, 0.15) is 19.3 Å². The van der Waals surface area contributed by atoms with Crippen LogP contribution in [0.2, 0.25) is 0 Å². The zero-order valence-corrected chi connectivity index (χ0v) is 11.2. The minimum Gasteiger partial charge on any atom is -0.475 e. The van der Waals surface area contributed by atoms with Gasteiger partial charge in [-0.1, -0.05) is 15.9 Å². The van der Waals surface area contributed by atoms with Crippen LogP contribution >= 0.6 is 15.9 Å². The molecule has 1 aromatic heterocycles. The van der Waals surface area contributed by atoms with Crippen LogP contribution in [-0.2, 0) is 9.47 Å². The Labute approximate surface area is 109 Å². The molecular formula is C12H16BrNO3. The Kier molecular flexibility index (Phi) is 5.22. The molecule has 0 saturated carbocycles. The summed E-state index contributed by atoms with van der Waals surface area (Å²) in [7, 11) is 0. The van der Waals surface area contributed by atoms with Gasteiger partial charge in [0.2, 0.25) is 5.88 Å². The van der Waals surface area contributed by atoms with Gasteiger partial charge in [-0.3, -0.25) is 0 Å². The fourth-order valence-corrected chi connectivity index (χ4v) is 1.95. The van der Waals surface area contributed by atoms with Gasteiger partial charge in [0, 0.05) is 23.3 Å². The molecule has 1 aliphatic heterocycles. The van der Waals surface area contributed by atoms with Crippen molar-refractivity contribution in [1.29, 1.82) is 0 Å². The maximum Gasteiger partial charge on any atom is 0.214 e. The number of pyridine rings is 1. The lowest BCUT2D eigenvalue weighted by molar-refractivity contribution is -0.165. The van der Waals surface area contributed by atoms with E-state index in [0.29, 0.717) is 19.1 Å². The van der Waals surface area contributed by atoms with Crippen molar-refractivity contribution in [3.05, 3.63) is 22.8 Å². The molecular weight excluding hydrogens is 286 g/mol. The predicted octanol–water partition coefficient (Wildman–Crippen LogP) is 2.77. The number of ether oxygens (including phenoxy) is 3. The molecule has 1 atom stereocenters. The average Bonchev–Trinajstić information content (AvgIpc) is 2.36. The van der Waals surface area contributed by atoms with Crippen molar-refractivity contribution in [2.24, 2.45) is 0 Å². The molecule has 0 amide bonds. The van der Waals surface area contributed by atoms with E-state index in [9.17, 15) is 0 Å². The molecule has 1 aromatic rings. The van der Waals surface area contributed by atoms with E-state index in [1.165, 1.54) is 6.42 Å². The van der Waals surface area contributed by atoms with E-state index in [4.69, 9.17) is 14.2 Å². The van der Waals surface area contributed by atoms with E-state index in [1.807, 2.05) is 12.1 Å². The van der Waals surface area contributed by atoms with Crippen molar-refractivity contribution in [3.63, 3.8) is 0 Å². The highest BCUT2D eigenvalue weighted by atomic mass is 79.9. The molecule has 17 heavy (non-hydrogen) atoms. The molecule has 0 aromatic carbocycles. The second-order valence-corrected chi connectivity index (χ2v) is 4.74. The van der Waals surface area contributed by atoms with Crippen LogP contribution in [0.3, 0.4) is 0 Å². The number of halogens is 1. The zero-order chi connectivity index (χ0) is 11.9. The minimum atomic E-state index is -0.0529. The van der Waals surface area contributed by atoms with Gasteiger partial charge in [0.1, 0.15) is 6.61 Å². The van der Waals surface area contributed by atoms with Crippen LogP contribution < -0.4 is 4.74 Å². The summed E-state index contributed by atoms with van der Waals surface area (Å²) in [6.45, 7) is 1.82. The Balaban J connectivity index is 1.62. The normalized spacial score (nSPS) is 20.2. The Morgan fingerprint density at radius 1 is 1.41 bits per heavy atom. The lowest BCUT2D eigenvalue weighted by Crippen LogP contribution is -2.24. The monoisotopic (exact) mass is 301 g/mol. The van der Waals surface area contributed by atoms with Crippen molar-refractivity contribution < 1.29 is 14.2 Å². The van der Waals surface area contributed by atoms with Crippen molar-refractivity contribution in [1.82, 2.24) is 4.98 Å². The molecule has 1 fully saturated rings. The third-order valence-electron chi connectivity index (χ3n) is 2.47. The molecule has 0 radical (unpaired) electrons. The van der Waals surface area contributed by atoms with Gasteiger partial charge in [-0.25, -0.2) is 4.98 Å². The van der Waals surface area contributed by atoms with Gasteiger partial charge in [-0.15, -0.1) is 0 Å². The third kappa shape index (κ3) is 4.61. The summed E-state index contributed by atoms with van der Waals surface area (Å²) >= 11 is 3.36. The van der Waals surface area contributed by atoms with E-state index in [-0.39, 0.29) is 6.29 Å². The Morgan fingerprint density at radius 2 is 2.35 bits per heavy atom. The van der Waals surface area contributed by atoms with Gasteiger partial charge >= 0.3 is 0 Å².